The molecule has 0 aliphatic heterocycles. The molecule has 9 heteroatoms. The number of nitrogens with two attached hydrogens (primary N) is 1. The van der Waals surface area contributed by atoms with E-state index in [2.05, 4.69) is 48.7 Å². The summed E-state index contributed by atoms with van der Waals surface area (Å²) < 4.78 is 0.773. The van der Waals surface area contributed by atoms with Crippen LogP contribution in [-0.2, 0) is 17.6 Å². The van der Waals surface area contributed by atoms with E-state index in [1.807, 2.05) is 26.0 Å². The summed E-state index contributed by atoms with van der Waals surface area (Å²) in [4.78, 5) is 20.6. The van der Waals surface area contributed by atoms with Gasteiger partial charge < -0.3 is 15.7 Å². The minimum atomic E-state index is -0.855. The summed E-state index contributed by atoms with van der Waals surface area (Å²) in [6.07, 6.45) is 2.53. The van der Waals surface area contributed by atoms with E-state index in [9.17, 15) is 4.79 Å². The first kappa shape index (κ1) is 24.6. The second-order valence-corrected chi connectivity index (χ2v) is 7.78. The number of hydrogen-bond donors (Lipinski definition) is 4. The van der Waals surface area contributed by atoms with Crippen molar-refractivity contribution in [2.75, 3.05) is 17.2 Å². The van der Waals surface area contributed by atoms with Gasteiger partial charge in [0.1, 0.15) is 5.82 Å². The van der Waals surface area contributed by atoms with E-state index in [1.165, 1.54) is 17.5 Å². The fourth-order valence-electron chi connectivity index (χ4n) is 2.62. The van der Waals surface area contributed by atoms with Gasteiger partial charge in [-0.15, -0.1) is 0 Å². The molecule has 1 aromatic heterocycles. The van der Waals surface area contributed by atoms with Crippen molar-refractivity contribution in [3.05, 3.63) is 70.3 Å². The smallest absolute Gasteiger partial charge is 0.307 e. The van der Waals surface area contributed by atoms with Crippen molar-refractivity contribution in [1.29, 1.82) is 0 Å². The Balaban J connectivity index is 0.00000166. The Morgan fingerprint density at radius 2 is 1.74 bits per heavy atom. The van der Waals surface area contributed by atoms with Gasteiger partial charge in [-0.3, -0.25) is 9.93 Å². The lowest BCUT2D eigenvalue weighted by molar-refractivity contribution is -0.136. The number of nitrogens with zero attached hydrogens (tertiary/aromatic N) is 2. The number of carbonyl (C=O) groups is 1. The molecule has 3 rings (SSSR count). The highest BCUT2D eigenvalue weighted by molar-refractivity contribution is 9.10. The number of nitrogens with one attached hydrogen (secondary N) is 2. The Morgan fingerprint density at radius 3 is 2.35 bits per heavy atom. The number of aliphatic carboxylic acids is 1. The van der Waals surface area contributed by atoms with Gasteiger partial charge in [-0.2, -0.15) is 4.98 Å². The molecule has 7 nitrogen and oxygen atoms in total. The maximum Gasteiger partial charge on any atom is 0.307 e. The van der Waals surface area contributed by atoms with Crippen molar-refractivity contribution in [1.82, 2.24) is 9.97 Å². The van der Waals surface area contributed by atoms with Gasteiger partial charge in [0, 0.05) is 23.3 Å². The van der Waals surface area contributed by atoms with Crippen LogP contribution in [-0.4, -0.2) is 27.6 Å². The molecule has 0 saturated carbocycles. The third kappa shape index (κ3) is 8.20. The molecule has 0 unspecified atom stereocenters. The predicted octanol–water partition coefficient (Wildman–Crippen LogP) is 5.26. The molecule has 5 N–H and O–H groups in total. The zero-order valence-electron chi connectivity index (χ0n) is 17.4. The van der Waals surface area contributed by atoms with Gasteiger partial charge in [-0.1, -0.05) is 38.1 Å². The van der Waals surface area contributed by atoms with Crippen LogP contribution < -0.4 is 15.8 Å². The molecule has 1 heterocycles. The molecule has 0 aliphatic carbocycles. The molecule has 31 heavy (non-hydrogen) atoms. The monoisotopic (exact) mass is 503 g/mol. The van der Waals surface area contributed by atoms with E-state index in [-0.39, 0.29) is 6.42 Å². The SMILES string of the molecule is CC.NSc1ccc(CCNc2nc(Nc3ccc(CC(=O)O)cc3)ncc2Br)cc1. The molecule has 0 bridgehead atoms. The van der Waals surface area contributed by atoms with Crippen LogP contribution in [0.5, 0.6) is 0 Å². The first-order valence-electron chi connectivity index (χ1n) is 9.83. The second kappa shape index (κ2) is 12.9. The van der Waals surface area contributed by atoms with Crippen molar-refractivity contribution in [2.24, 2.45) is 5.14 Å². The summed E-state index contributed by atoms with van der Waals surface area (Å²) in [6.45, 7) is 4.72. The van der Waals surface area contributed by atoms with Gasteiger partial charge in [0.2, 0.25) is 5.95 Å². The number of halogens is 1. The molecule has 0 aliphatic rings. The lowest BCUT2D eigenvalue weighted by atomic mass is 10.1. The molecular formula is C22H26BrN5O2S. The predicted molar refractivity (Wildman–Crippen MR) is 131 cm³/mol. The summed E-state index contributed by atoms with van der Waals surface area (Å²) in [6, 6.07) is 15.3. The molecule has 0 atom stereocenters. The summed E-state index contributed by atoms with van der Waals surface area (Å²) in [5, 5.41) is 20.8. The lowest BCUT2D eigenvalue weighted by Crippen LogP contribution is -2.08. The van der Waals surface area contributed by atoms with Crippen LogP contribution in [0.1, 0.15) is 25.0 Å². The van der Waals surface area contributed by atoms with Crippen molar-refractivity contribution < 1.29 is 9.90 Å². The molecule has 0 fully saturated rings. The highest BCUT2D eigenvalue weighted by Gasteiger charge is 2.06. The van der Waals surface area contributed by atoms with Crippen LogP contribution in [0, 0.1) is 0 Å². The largest absolute Gasteiger partial charge is 0.481 e. The Kier molecular flexibility index (Phi) is 10.3. The summed E-state index contributed by atoms with van der Waals surface area (Å²) in [5.41, 5.74) is 2.73. The van der Waals surface area contributed by atoms with Crippen LogP contribution in [0.2, 0.25) is 0 Å². The number of carboxylic acid groups (broad SMARTS) is 1. The highest BCUT2D eigenvalue weighted by atomic mass is 79.9. The van der Waals surface area contributed by atoms with Gasteiger partial charge in [-0.25, -0.2) is 4.98 Å². The van der Waals surface area contributed by atoms with Crippen LogP contribution in [0.4, 0.5) is 17.5 Å². The third-order valence-electron chi connectivity index (χ3n) is 4.08. The van der Waals surface area contributed by atoms with Crippen LogP contribution in [0.3, 0.4) is 0 Å². The molecule has 164 valence electrons. The maximum absolute atomic E-state index is 10.8. The quantitative estimate of drug-likeness (QED) is 0.292. The Labute approximate surface area is 195 Å². The first-order chi connectivity index (χ1) is 15.0. The normalized spacial score (nSPS) is 10.1. The number of hydrogen-bond acceptors (Lipinski definition) is 7. The first-order valence-corrected chi connectivity index (χ1v) is 11.5. The number of benzene rings is 2. The van der Waals surface area contributed by atoms with Gasteiger partial charge in [0.25, 0.3) is 0 Å². The number of rotatable bonds is 9. The summed E-state index contributed by atoms with van der Waals surface area (Å²) in [7, 11) is 0. The fraction of sp³-hybridized carbons (Fsp3) is 0.227. The van der Waals surface area contributed by atoms with E-state index < -0.39 is 5.97 Å². The van der Waals surface area contributed by atoms with Crippen molar-refractivity contribution >= 4 is 51.3 Å². The van der Waals surface area contributed by atoms with Crippen molar-refractivity contribution in [3.8, 4) is 0 Å². The summed E-state index contributed by atoms with van der Waals surface area (Å²) in [5.74, 6) is 0.289. The van der Waals surface area contributed by atoms with Gasteiger partial charge in [-0.05, 0) is 69.7 Å². The fourth-order valence-corrected chi connectivity index (χ4v) is 3.25. The molecule has 0 amide bonds. The van der Waals surface area contributed by atoms with Crippen molar-refractivity contribution in [3.63, 3.8) is 0 Å². The van der Waals surface area contributed by atoms with E-state index in [0.717, 1.165) is 27.0 Å². The molecule has 0 spiro atoms. The van der Waals surface area contributed by atoms with Gasteiger partial charge in [0.15, 0.2) is 0 Å². The van der Waals surface area contributed by atoms with Gasteiger partial charge in [0.05, 0.1) is 10.9 Å². The topological polar surface area (TPSA) is 113 Å². The minimum absolute atomic E-state index is 0.00306. The van der Waals surface area contributed by atoms with E-state index in [4.69, 9.17) is 10.2 Å². The van der Waals surface area contributed by atoms with Crippen LogP contribution in [0.25, 0.3) is 0 Å². The van der Waals surface area contributed by atoms with Crippen molar-refractivity contribution in [2.45, 2.75) is 31.6 Å². The van der Waals surface area contributed by atoms with E-state index in [0.29, 0.717) is 18.3 Å². The Bertz CT molecular complexity index is 969. The van der Waals surface area contributed by atoms with Crippen LogP contribution >= 0.6 is 27.9 Å². The molecular weight excluding hydrogens is 478 g/mol. The number of anilines is 3. The maximum atomic E-state index is 10.8. The Morgan fingerprint density at radius 1 is 1.10 bits per heavy atom. The average Bonchev–Trinajstić information content (AvgIpc) is 2.79. The zero-order chi connectivity index (χ0) is 22.6. The zero-order valence-corrected chi connectivity index (χ0v) is 19.8. The number of aromatic nitrogens is 2. The summed E-state index contributed by atoms with van der Waals surface area (Å²) >= 11 is 4.70. The highest BCUT2D eigenvalue weighted by Crippen LogP contribution is 2.22. The lowest BCUT2D eigenvalue weighted by Gasteiger charge is -2.11. The molecule has 0 radical (unpaired) electrons. The Hall–Kier alpha value is -2.62. The van der Waals surface area contributed by atoms with Gasteiger partial charge >= 0.3 is 5.97 Å². The van der Waals surface area contributed by atoms with E-state index >= 15 is 0 Å². The second-order valence-electron chi connectivity index (χ2n) is 6.22. The average molecular weight is 504 g/mol. The van der Waals surface area contributed by atoms with E-state index in [1.54, 1.807) is 30.5 Å². The molecule has 3 aromatic rings. The molecule has 2 aromatic carbocycles. The van der Waals surface area contributed by atoms with Crippen LogP contribution in [0.15, 0.2) is 64.1 Å². The number of carboxylic acids is 1. The minimum Gasteiger partial charge on any atom is -0.481 e. The molecule has 0 saturated heterocycles. The third-order valence-corrected chi connectivity index (χ3v) is 5.20. The standard InChI is InChI=1S/C20H20BrN5O2S.C2H6/c21-17-12-24-20(25-15-5-1-14(2-6-15)11-18(27)28)26-19(17)23-10-9-13-3-7-16(29-22)8-4-13;1-2/h1-8,12H,9-11,22H2,(H,27,28)(H2,23,24,25,26);1-2H3.